The van der Waals surface area contributed by atoms with Crippen molar-refractivity contribution >= 4 is 59.4 Å². The Hall–Kier alpha value is -1.15. The summed E-state index contributed by atoms with van der Waals surface area (Å²) < 4.78 is 0. The third kappa shape index (κ3) is 3.78. The molecule has 120 valence electrons. The number of likely N-dealkylation sites (tertiary alicyclic amines) is 1. The first-order valence-corrected chi connectivity index (χ1v) is 7.91. The molecule has 3 rings (SSSR count). The van der Waals surface area contributed by atoms with Gasteiger partial charge in [-0.15, -0.1) is 36.2 Å². The summed E-state index contributed by atoms with van der Waals surface area (Å²) in [7, 11) is 0. The largest absolute Gasteiger partial charge is 0.481 e. The highest BCUT2D eigenvalue weighted by molar-refractivity contribution is 7.17. The van der Waals surface area contributed by atoms with E-state index in [-0.39, 0.29) is 30.7 Å². The molecule has 0 spiro atoms. The van der Waals surface area contributed by atoms with E-state index in [1.165, 1.54) is 11.3 Å². The van der Waals surface area contributed by atoms with Crippen LogP contribution in [0.2, 0.25) is 0 Å². The van der Waals surface area contributed by atoms with Gasteiger partial charge in [-0.25, -0.2) is 4.98 Å². The first kappa shape index (κ1) is 18.9. The van der Waals surface area contributed by atoms with E-state index in [4.69, 9.17) is 5.11 Å². The standard InChI is InChI=1S/C13H12N2O3S2.2ClH/c16-12(15-3-1-8(6-15)13(17)18)10-5-14-11(20-10)9-2-4-19-7-9;;/h2,4-5,7-8H,1,3,6H2,(H,17,18);2*1H. The smallest absolute Gasteiger partial charge is 0.308 e. The average Bonchev–Trinajstić information content (AvgIpc) is 3.17. The topological polar surface area (TPSA) is 70.5 Å². The number of carboxylic acid groups (broad SMARTS) is 1. The van der Waals surface area contributed by atoms with Crippen LogP contribution in [0.15, 0.2) is 23.0 Å². The van der Waals surface area contributed by atoms with Crippen molar-refractivity contribution < 1.29 is 14.7 Å². The Bertz CT molecular complexity index is 646. The molecule has 1 saturated heterocycles. The van der Waals surface area contributed by atoms with Gasteiger partial charge in [-0.1, -0.05) is 0 Å². The van der Waals surface area contributed by atoms with E-state index in [0.717, 1.165) is 10.6 Å². The zero-order valence-electron chi connectivity index (χ0n) is 11.3. The average molecular weight is 381 g/mol. The molecular weight excluding hydrogens is 367 g/mol. The number of thiazole rings is 1. The minimum absolute atomic E-state index is 0. The lowest BCUT2D eigenvalue weighted by atomic mass is 10.1. The number of hydrogen-bond acceptors (Lipinski definition) is 5. The third-order valence-corrected chi connectivity index (χ3v) is 5.03. The molecule has 0 aliphatic carbocycles. The number of carbonyl (C=O) groups excluding carboxylic acids is 1. The Morgan fingerprint density at radius 3 is 2.73 bits per heavy atom. The number of aromatic nitrogens is 1. The number of hydrogen-bond donors (Lipinski definition) is 1. The molecule has 3 heterocycles. The molecule has 1 amide bonds. The summed E-state index contributed by atoms with van der Waals surface area (Å²) in [6.45, 7) is 0.793. The minimum Gasteiger partial charge on any atom is -0.481 e. The molecule has 9 heteroatoms. The van der Waals surface area contributed by atoms with Crippen molar-refractivity contribution in [3.63, 3.8) is 0 Å². The fourth-order valence-electron chi connectivity index (χ4n) is 2.19. The maximum absolute atomic E-state index is 12.3. The van der Waals surface area contributed by atoms with Crippen LogP contribution in [-0.4, -0.2) is 40.0 Å². The van der Waals surface area contributed by atoms with Crippen LogP contribution >= 0.6 is 47.5 Å². The molecule has 0 aromatic carbocycles. The van der Waals surface area contributed by atoms with Crippen molar-refractivity contribution in [1.29, 1.82) is 0 Å². The van der Waals surface area contributed by atoms with Crippen LogP contribution in [0.1, 0.15) is 16.1 Å². The lowest BCUT2D eigenvalue weighted by Gasteiger charge is -2.13. The van der Waals surface area contributed by atoms with E-state index in [0.29, 0.717) is 24.4 Å². The van der Waals surface area contributed by atoms with Crippen LogP contribution in [-0.2, 0) is 4.79 Å². The highest BCUT2D eigenvalue weighted by atomic mass is 35.5. The van der Waals surface area contributed by atoms with Gasteiger partial charge in [0, 0.05) is 24.0 Å². The van der Waals surface area contributed by atoms with Gasteiger partial charge >= 0.3 is 5.97 Å². The molecule has 1 unspecified atom stereocenters. The lowest BCUT2D eigenvalue weighted by Crippen LogP contribution is -2.29. The van der Waals surface area contributed by atoms with Gasteiger partial charge in [-0.2, -0.15) is 11.3 Å². The molecule has 1 aliphatic heterocycles. The van der Waals surface area contributed by atoms with Gasteiger partial charge in [0.25, 0.3) is 5.91 Å². The second kappa shape index (κ2) is 7.92. The predicted octanol–water partition coefficient (Wildman–Crippen LogP) is 3.26. The molecule has 0 bridgehead atoms. The van der Waals surface area contributed by atoms with Crippen LogP contribution < -0.4 is 0 Å². The van der Waals surface area contributed by atoms with E-state index in [2.05, 4.69) is 4.98 Å². The fraction of sp³-hybridized carbons (Fsp3) is 0.308. The van der Waals surface area contributed by atoms with E-state index in [1.54, 1.807) is 22.4 Å². The van der Waals surface area contributed by atoms with Crippen LogP contribution in [0.5, 0.6) is 0 Å². The second-order valence-corrected chi connectivity index (χ2v) is 6.43. The number of carboxylic acids is 1. The molecule has 0 saturated carbocycles. The number of carbonyl (C=O) groups is 2. The van der Waals surface area contributed by atoms with Gasteiger partial charge in [0.05, 0.1) is 12.1 Å². The lowest BCUT2D eigenvalue weighted by molar-refractivity contribution is -0.141. The summed E-state index contributed by atoms with van der Waals surface area (Å²) in [6.07, 6.45) is 2.10. The molecule has 5 nitrogen and oxygen atoms in total. The van der Waals surface area contributed by atoms with E-state index in [1.807, 2.05) is 16.8 Å². The van der Waals surface area contributed by atoms with Gasteiger partial charge in [-0.3, -0.25) is 9.59 Å². The normalized spacial score (nSPS) is 16.7. The zero-order chi connectivity index (χ0) is 14.1. The van der Waals surface area contributed by atoms with Gasteiger partial charge in [-0.05, 0) is 17.9 Å². The second-order valence-electron chi connectivity index (χ2n) is 4.62. The first-order chi connectivity index (χ1) is 9.65. The van der Waals surface area contributed by atoms with E-state index >= 15 is 0 Å². The van der Waals surface area contributed by atoms with Crippen LogP contribution in [0, 0.1) is 5.92 Å². The van der Waals surface area contributed by atoms with Crippen LogP contribution in [0.3, 0.4) is 0 Å². The van der Waals surface area contributed by atoms with Crippen molar-refractivity contribution in [2.24, 2.45) is 5.92 Å². The quantitative estimate of drug-likeness (QED) is 0.886. The molecule has 2 aromatic heterocycles. The Morgan fingerprint density at radius 1 is 1.36 bits per heavy atom. The zero-order valence-corrected chi connectivity index (χ0v) is 14.6. The number of rotatable bonds is 3. The number of amides is 1. The van der Waals surface area contributed by atoms with Crippen molar-refractivity contribution in [1.82, 2.24) is 9.88 Å². The summed E-state index contributed by atoms with van der Waals surface area (Å²) in [6, 6.07) is 1.97. The number of nitrogens with zero attached hydrogens (tertiary/aromatic N) is 2. The Balaban J connectivity index is 0.00000121. The molecular formula is C13H14Cl2N2O3S2. The summed E-state index contributed by atoms with van der Waals surface area (Å²) in [5, 5.41) is 13.7. The molecule has 1 atom stereocenters. The highest BCUT2D eigenvalue weighted by Crippen LogP contribution is 2.28. The molecule has 1 aliphatic rings. The Morgan fingerprint density at radius 2 is 2.14 bits per heavy atom. The first-order valence-electron chi connectivity index (χ1n) is 6.15. The van der Waals surface area contributed by atoms with Gasteiger partial charge in [0.1, 0.15) is 9.88 Å². The summed E-state index contributed by atoms with van der Waals surface area (Å²) in [5.41, 5.74) is 1.02. The molecule has 1 fully saturated rings. The van der Waals surface area contributed by atoms with Crippen molar-refractivity contribution in [3.8, 4) is 10.6 Å². The van der Waals surface area contributed by atoms with Crippen molar-refractivity contribution in [2.75, 3.05) is 13.1 Å². The van der Waals surface area contributed by atoms with Crippen LogP contribution in [0.4, 0.5) is 0 Å². The highest BCUT2D eigenvalue weighted by Gasteiger charge is 2.32. The van der Waals surface area contributed by atoms with E-state index < -0.39 is 11.9 Å². The van der Waals surface area contributed by atoms with Gasteiger partial charge in [0.15, 0.2) is 0 Å². The Kier molecular flexibility index (Phi) is 6.80. The van der Waals surface area contributed by atoms with Gasteiger partial charge < -0.3 is 10.0 Å². The summed E-state index contributed by atoms with van der Waals surface area (Å²) in [4.78, 5) is 29.7. The maximum Gasteiger partial charge on any atom is 0.308 e. The summed E-state index contributed by atoms with van der Waals surface area (Å²) >= 11 is 2.94. The SMILES string of the molecule is Cl.Cl.O=C(O)C1CCN(C(=O)c2cnc(-c3ccsc3)s2)C1. The minimum atomic E-state index is -0.830. The molecule has 1 N–H and O–H groups in total. The summed E-state index contributed by atoms with van der Waals surface area (Å²) in [5.74, 6) is -1.39. The number of halogens is 2. The van der Waals surface area contributed by atoms with Crippen molar-refractivity contribution in [2.45, 2.75) is 6.42 Å². The fourth-order valence-corrected chi connectivity index (χ4v) is 3.79. The third-order valence-electron chi connectivity index (χ3n) is 3.31. The molecule has 22 heavy (non-hydrogen) atoms. The number of thiophene rings is 1. The maximum atomic E-state index is 12.3. The predicted molar refractivity (Wildman–Crippen MR) is 91.6 cm³/mol. The molecule has 0 radical (unpaired) electrons. The van der Waals surface area contributed by atoms with Crippen LogP contribution in [0.25, 0.3) is 10.6 Å². The van der Waals surface area contributed by atoms with Crippen molar-refractivity contribution in [3.05, 3.63) is 27.9 Å². The Labute approximate surface area is 147 Å². The van der Waals surface area contributed by atoms with Gasteiger partial charge in [0.2, 0.25) is 0 Å². The number of aliphatic carboxylic acids is 1. The van der Waals surface area contributed by atoms with E-state index in [9.17, 15) is 9.59 Å². The monoisotopic (exact) mass is 380 g/mol. The molecule has 2 aromatic rings.